The average molecular weight is 414 g/mol. The Morgan fingerprint density at radius 1 is 1.04 bits per heavy atom. The number of ketones is 1. The van der Waals surface area contributed by atoms with Gasteiger partial charge in [0.1, 0.15) is 4.88 Å². The molecule has 0 aliphatic heterocycles. The average Bonchev–Trinajstić information content (AvgIpc) is 3.34. The predicted octanol–water partition coefficient (Wildman–Crippen LogP) is 4.46. The molecule has 0 bridgehead atoms. The van der Waals surface area contributed by atoms with Gasteiger partial charge in [-0.25, -0.2) is 4.79 Å². The third kappa shape index (κ3) is 4.94. The van der Waals surface area contributed by atoms with Gasteiger partial charge in [-0.15, -0.1) is 22.7 Å². The van der Waals surface area contributed by atoms with Crippen LogP contribution in [0.3, 0.4) is 0 Å². The number of hydrogen-bond donors (Lipinski definition) is 1. The van der Waals surface area contributed by atoms with Crippen LogP contribution in [-0.2, 0) is 16.1 Å². The molecule has 1 amide bonds. The van der Waals surface area contributed by atoms with Crippen molar-refractivity contribution in [3.8, 4) is 11.1 Å². The van der Waals surface area contributed by atoms with Gasteiger partial charge in [0.25, 0.3) is 0 Å². The smallest absolute Gasteiger partial charge is 0.349 e. The monoisotopic (exact) mass is 413 g/mol. The molecule has 144 valence electrons. The zero-order valence-electron chi connectivity index (χ0n) is 15.5. The minimum Gasteiger partial charge on any atom is -0.453 e. The van der Waals surface area contributed by atoms with Crippen LogP contribution < -0.4 is 5.32 Å². The standard InChI is InChI=1S/C21H19NO4S2/c1-13-3-5-15(6-4-13)17-9-10-27-20(17)21(25)26-12-18(24)19-8-7-16(28-19)11-22-14(2)23/h3-10H,11-12H2,1-2H3,(H,22,23). The molecule has 0 saturated carbocycles. The molecule has 0 radical (unpaired) electrons. The molecule has 2 aromatic heterocycles. The van der Waals surface area contributed by atoms with Crippen LogP contribution in [0.4, 0.5) is 0 Å². The summed E-state index contributed by atoms with van der Waals surface area (Å²) in [5, 5.41) is 4.52. The van der Waals surface area contributed by atoms with E-state index < -0.39 is 5.97 Å². The largest absolute Gasteiger partial charge is 0.453 e. The van der Waals surface area contributed by atoms with Crippen molar-refractivity contribution in [1.82, 2.24) is 5.32 Å². The van der Waals surface area contributed by atoms with E-state index in [4.69, 9.17) is 4.74 Å². The molecule has 0 spiro atoms. The number of carbonyl (C=O) groups excluding carboxylic acids is 3. The van der Waals surface area contributed by atoms with Gasteiger partial charge in [0, 0.05) is 17.4 Å². The zero-order chi connectivity index (χ0) is 20.1. The third-order valence-corrected chi connectivity index (χ3v) is 6.02. The van der Waals surface area contributed by atoms with Crippen LogP contribution in [0.5, 0.6) is 0 Å². The molecular formula is C21H19NO4S2. The first-order valence-corrected chi connectivity index (χ1v) is 10.3. The highest BCUT2D eigenvalue weighted by atomic mass is 32.1. The fourth-order valence-corrected chi connectivity index (χ4v) is 4.21. The predicted molar refractivity (Wildman–Crippen MR) is 111 cm³/mol. The van der Waals surface area contributed by atoms with Crippen LogP contribution in [0, 0.1) is 6.92 Å². The maximum absolute atomic E-state index is 12.5. The summed E-state index contributed by atoms with van der Waals surface area (Å²) in [7, 11) is 0. The number of esters is 1. The summed E-state index contributed by atoms with van der Waals surface area (Å²) >= 11 is 2.57. The van der Waals surface area contributed by atoms with E-state index in [1.807, 2.05) is 42.6 Å². The van der Waals surface area contributed by atoms with Gasteiger partial charge in [-0.1, -0.05) is 29.8 Å². The van der Waals surface area contributed by atoms with Crippen molar-refractivity contribution in [3.63, 3.8) is 0 Å². The molecule has 0 atom stereocenters. The number of aryl methyl sites for hydroxylation is 1. The molecule has 0 fully saturated rings. The number of benzene rings is 1. The third-order valence-electron chi connectivity index (χ3n) is 4.00. The number of Topliss-reactive ketones (excluding diaryl/α,β-unsaturated/α-hetero) is 1. The van der Waals surface area contributed by atoms with Crippen molar-refractivity contribution in [2.75, 3.05) is 6.61 Å². The van der Waals surface area contributed by atoms with Gasteiger partial charge in [0.2, 0.25) is 11.7 Å². The van der Waals surface area contributed by atoms with E-state index in [2.05, 4.69) is 5.32 Å². The summed E-state index contributed by atoms with van der Waals surface area (Å²) in [6, 6.07) is 13.2. The molecule has 28 heavy (non-hydrogen) atoms. The van der Waals surface area contributed by atoms with E-state index in [1.165, 1.54) is 29.6 Å². The number of amides is 1. The lowest BCUT2D eigenvalue weighted by atomic mass is 10.1. The Bertz CT molecular complexity index is 1000. The molecule has 0 unspecified atom stereocenters. The molecule has 0 aliphatic carbocycles. The molecule has 1 aromatic carbocycles. The minimum absolute atomic E-state index is 0.129. The molecule has 3 rings (SSSR count). The molecule has 5 nitrogen and oxygen atoms in total. The Balaban J connectivity index is 1.62. The van der Waals surface area contributed by atoms with E-state index in [0.29, 0.717) is 16.3 Å². The molecule has 0 saturated heterocycles. The minimum atomic E-state index is -0.506. The lowest BCUT2D eigenvalue weighted by molar-refractivity contribution is -0.119. The highest BCUT2D eigenvalue weighted by Gasteiger charge is 2.18. The molecule has 1 N–H and O–H groups in total. The van der Waals surface area contributed by atoms with Crippen LogP contribution in [0.15, 0.2) is 47.8 Å². The molecule has 0 aliphatic rings. The van der Waals surface area contributed by atoms with E-state index in [9.17, 15) is 14.4 Å². The van der Waals surface area contributed by atoms with Gasteiger partial charge in [0.15, 0.2) is 6.61 Å². The van der Waals surface area contributed by atoms with Gasteiger partial charge in [-0.05, 0) is 36.1 Å². The van der Waals surface area contributed by atoms with Gasteiger partial charge in [-0.3, -0.25) is 9.59 Å². The first-order valence-electron chi connectivity index (χ1n) is 8.62. The Labute approximate surface area is 171 Å². The quantitative estimate of drug-likeness (QED) is 0.458. The molecular weight excluding hydrogens is 394 g/mol. The first kappa shape index (κ1) is 20.0. The summed E-state index contributed by atoms with van der Waals surface area (Å²) in [6.45, 7) is 3.51. The second kappa shape index (κ2) is 8.95. The molecule has 2 heterocycles. The lowest BCUT2D eigenvalue weighted by Gasteiger charge is -2.05. The van der Waals surface area contributed by atoms with Crippen molar-refractivity contribution in [2.24, 2.45) is 0 Å². The maximum atomic E-state index is 12.5. The number of carbonyl (C=O) groups is 3. The van der Waals surface area contributed by atoms with Crippen molar-refractivity contribution in [2.45, 2.75) is 20.4 Å². The van der Waals surface area contributed by atoms with E-state index in [0.717, 1.165) is 21.6 Å². The zero-order valence-corrected chi connectivity index (χ0v) is 17.1. The SMILES string of the molecule is CC(=O)NCc1ccc(C(=O)COC(=O)c2sccc2-c2ccc(C)cc2)s1. The second-order valence-corrected chi connectivity index (χ2v) is 8.29. The van der Waals surface area contributed by atoms with Gasteiger partial charge >= 0.3 is 5.97 Å². The maximum Gasteiger partial charge on any atom is 0.349 e. The van der Waals surface area contributed by atoms with E-state index >= 15 is 0 Å². The summed E-state index contributed by atoms with van der Waals surface area (Å²) < 4.78 is 5.25. The fourth-order valence-electron chi connectivity index (χ4n) is 2.53. The van der Waals surface area contributed by atoms with Crippen LogP contribution in [0.2, 0.25) is 0 Å². The number of nitrogens with one attached hydrogen (secondary N) is 1. The highest BCUT2D eigenvalue weighted by Crippen LogP contribution is 2.29. The van der Waals surface area contributed by atoms with Crippen molar-refractivity contribution < 1.29 is 19.1 Å². The lowest BCUT2D eigenvalue weighted by Crippen LogP contribution is -2.18. The Hall–Kier alpha value is -2.77. The van der Waals surface area contributed by atoms with E-state index in [-0.39, 0.29) is 18.3 Å². The Kier molecular flexibility index (Phi) is 6.38. The van der Waals surface area contributed by atoms with Crippen molar-refractivity contribution in [1.29, 1.82) is 0 Å². The topological polar surface area (TPSA) is 72.5 Å². The number of ether oxygens (including phenoxy) is 1. The van der Waals surface area contributed by atoms with Gasteiger partial charge < -0.3 is 10.1 Å². The second-order valence-electron chi connectivity index (χ2n) is 6.20. The van der Waals surface area contributed by atoms with E-state index in [1.54, 1.807) is 12.1 Å². The van der Waals surface area contributed by atoms with Gasteiger partial charge in [0.05, 0.1) is 11.4 Å². The van der Waals surface area contributed by atoms with Gasteiger partial charge in [-0.2, -0.15) is 0 Å². The Morgan fingerprint density at radius 3 is 2.50 bits per heavy atom. The number of thiophene rings is 2. The first-order chi connectivity index (χ1) is 13.4. The molecule has 7 heteroatoms. The summed E-state index contributed by atoms with van der Waals surface area (Å²) in [5.74, 6) is -0.898. The number of hydrogen-bond acceptors (Lipinski definition) is 6. The van der Waals surface area contributed by atoms with Crippen molar-refractivity contribution >= 4 is 40.3 Å². The van der Waals surface area contributed by atoms with Crippen LogP contribution in [0.25, 0.3) is 11.1 Å². The van der Waals surface area contributed by atoms with Crippen molar-refractivity contribution in [3.05, 3.63) is 68.0 Å². The summed E-state index contributed by atoms with van der Waals surface area (Å²) in [5.41, 5.74) is 2.88. The fraction of sp³-hybridized carbons (Fsp3) is 0.190. The highest BCUT2D eigenvalue weighted by molar-refractivity contribution is 7.14. The summed E-state index contributed by atoms with van der Waals surface area (Å²) in [6.07, 6.45) is 0. The van der Waals surface area contributed by atoms with Crippen LogP contribution in [-0.4, -0.2) is 24.3 Å². The van der Waals surface area contributed by atoms with Crippen LogP contribution in [0.1, 0.15) is 36.7 Å². The number of rotatable bonds is 7. The molecule has 3 aromatic rings. The Morgan fingerprint density at radius 2 is 1.79 bits per heavy atom. The summed E-state index contributed by atoms with van der Waals surface area (Å²) in [4.78, 5) is 37.6. The van der Waals surface area contributed by atoms with Crippen LogP contribution >= 0.6 is 22.7 Å². The normalized spacial score (nSPS) is 10.5.